The number of rotatable bonds is 6. The summed E-state index contributed by atoms with van der Waals surface area (Å²) >= 11 is 7.66. The topological polar surface area (TPSA) is 53.5 Å². The zero-order valence-electron chi connectivity index (χ0n) is 12.8. The molecule has 0 spiro atoms. The van der Waals surface area contributed by atoms with Crippen LogP contribution < -0.4 is 10.9 Å². The standard InChI is InChI=1S/C16H22ClN3OS/c1-2-3-4-8-15(21)19-20-16-18-11-14(22-16)10-12-6-5-7-13(17)9-12/h5-7,9,14H,2-4,8,10-11H2,1H3,(H,18,20)(H,19,21)/t14-/m1/s1. The second kappa shape index (κ2) is 9.06. The second-order valence-electron chi connectivity index (χ2n) is 5.35. The third kappa shape index (κ3) is 5.89. The van der Waals surface area contributed by atoms with Crippen molar-refractivity contribution < 1.29 is 4.79 Å². The number of amides is 1. The normalized spacial score (nSPS) is 17.2. The van der Waals surface area contributed by atoms with Gasteiger partial charge in [0.2, 0.25) is 5.91 Å². The number of unbranched alkanes of at least 4 members (excludes halogenated alkanes) is 2. The van der Waals surface area contributed by atoms with Gasteiger partial charge in [0.15, 0.2) is 5.17 Å². The smallest absolute Gasteiger partial charge is 0.238 e. The number of aliphatic imine (C=N–C) groups is 1. The summed E-state index contributed by atoms with van der Waals surface area (Å²) in [5.41, 5.74) is 6.85. The summed E-state index contributed by atoms with van der Waals surface area (Å²) in [5, 5.41) is 1.94. The fourth-order valence-corrected chi connectivity index (χ4v) is 3.45. The van der Waals surface area contributed by atoms with E-state index in [9.17, 15) is 4.79 Å². The molecule has 1 aromatic rings. The Balaban J connectivity index is 1.68. The Morgan fingerprint density at radius 3 is 3.09 bits per heavy atom. The van der Waals surface area contributed by atoms with Gasteiger partial charge in [0.25, 0.3) is 0 Å². The summed E-state index contributed by atoms with van der Waals surface area (Å²) < 4.78 is 0. The van der Waals surface area contributed by atoms with Crippen LogP contribution in [-0.4, -0.2) is 22.9 Å². The molecule has 0 fully saturated rings. The van der Waals surface area contributed by atoms with E-state index in [1.165, 1.54) is 5.56 Å². The molecule has 1 heterocycles. The number of halogens is 1. The molecule has 1 amide bonds. The quantitative estimate of drug-likeness (QED) is 0.615. The van der Waals surface area contributed by atoms with E-state index in [-0.39, 0.29) is 5.91 Å². The third-order valence-electron chi connectivity index (χ3n) is 3.39. The lowest BCUT2D eigenvalue weighted by Crippen LogP contribution is -2.39. The molecule has 0 bridgehead atoms. The van der Waals surface area contributed by atoms with E-state index >= 15 is 0 Å². The van der Waals surface area contributed by atoms with Crippen LogP contribution in [0.15, 0.2) is 29.3 Å². The van der Waals surface area contributed by atoms with Crippen molar-refractivity contribution in [2.45, 2.75) is 44.3 Å². The van der Waals surface area contributed by atoms with Gasteiger partial charge in [0.1, 0.15) is 0 Å². The van der Waals surface area contributed by atoms with Crippen molar-refractivity contribution in [3.63, 3.8) is 0 Å². The minimum Gasteiger partial charge on any atom is -0.277 e. The zero-order valence-corrected chi connectivity index (χ0v) is 14.3. The molecule has 1 aliphatic heterocycles. The van der Waals surface area contributed by atoms with Crippen LogP contribution in [0.2, 0.25) is 5.02 Å². The van der Waals surface area contributed by atoms with Crippen LogP contribution in [0.5, 0.6) is 0 Å². The van der Waals surface area contributed by atoms with Gasteiger partial charge in [0, 0.05) is 16.7 Å². The number of amidine groups is 1. The molecule has 120 valence electrons. The van der Waals surface area contributed by atoms with Crippen molar-refractivity contribution in [1.82, 2.24) is 10.9 Å². The summed E-state index contributed by atoms with van der Waals surface area (Å²) in [7, 11) is 0. The van der Waals surface area contributed by atoms with Crippen LogP contribution in [0.1, 0.15) is 38.2 Å². The lowest BCUT2D eigenvalue weighted by Gasteiger charge is -2.10. The molecule has 22 heavy (non-hydrogen) atoms. The summed E-state index contributed by atoms with van der Waals surface area (Å²) in [4.78, 5) is 16.1. The molecular formula is C16H22ClN3OS. The molecule has 1 aliphatic rings. The first-order valence-corrected chi connectivity index (χ1v) is 8.93. The van der Waals surface area contributed by atoms with E-state index in [0.717, 1.165) is 42.4 Å². The Bertz CT molecular complexity index is 536. The number of hydrogen-bond acceptors (Lipinski definition) is 4. The van der Waals surface area contributed by atoms with Crippen molar-refractivity contribution >= 4 is 34.4 Å². The summed E-state index contributed by atoms with van der Waals surface area (Å²) in [5.74, 6) is 0.0232. The predicted octanol–water partition coefficient (Wildman–Crippen LogP) is 3.56. The van der Waals surface area contributed by atoms with E-state index in [2.05, 4.69) is 28.8 Å². The first-order valence-electron chi connectivity index (χ1n) is 7.67. The highest BCUT2D eigenvalue weighted by Gasteiger charge is 2.20. The van der Waals surface area contributed by atoms with Gasteiger partial charge in [-0.3, -0.25) is 20.6 Å². The molecular weight excluding hydrogens is 318 g/mol. The molecule has 2 N–H and O–H groups in total. The molecule has 2 rings (SSSR count). The van der Waals surface area contributed by atoms with Crippen LogP contribution in [0.4, 0.5) is 0 Å². The Labute approximate surface area is 141 Å². The van der Waals surface area contributed by atoms with Crippen molar-refractivity contribution in [2.75, 3.05) is 6.54 Å². The van der Waals surface area contributed by atoms with Gasteiger partial charge < -0.3 is 0 Å². The van der Waals surface area contributed by atoms with E-state index in [1.807, 2.05) is 18.2 Å². The van der Waals surface area contributed by atoms with Gasteiger partial charge in [-0.05, 0) is 30.5 Å². The maximum absolute atomic E-state index is 11.6. The SMILES string of the molecule is CCCCCC(=O)NNC1=NC[C@@H](Cc2cccc(Cl)c2)S1. The molecule has 1 aromatic carbocycles. The van der Waals surface area contributed by atoms with E-state index in [0.29, 0.717) is 11.7 Å². The molecule has 0 unspecified atom stereocenters. The average Bonchev–Trinajstić information content (AvgIpc) is 2.93. The number of carbonyl (C=O) groups excluding carboxylic acids is 1. The van der Waals surface area contributed by atoms with Crippen molar-refractivity contribution in [3.8, 4) is 0 Å². The summed E-state index contributed by atoms with van der Waals surface area (Å²) in [6.07, 6.45) is 4.62. The van der Waals surface area contributed by atoms with Gasteiger partial charge in [-0.2, -0.15) is 0 Å². The fraction of sp³-hybridized carbons (Fsp3) is 0.500. The number of carbonyl (C=O) groups is 1. The predicted molar refractivity (Wildman–Crippen MR) is 94.3 cm³/mol. The molecule has 0 saturated heterocycles. The summed E-state index contributed by atoms with van der Waals surface area (Å²) in [6.45, 7) is 2.88. The first kappa shape index (κ1) is 17.2. The van der Waals surface area contributed by atoms with Gasteiger partial charge in [-0.25, -0.2) is 0 Å². The molecule has 0 saturated carbocycles. The highest BCUT2D eigenvalue weighted by atomic mass is 35.5. The highest BCUT2D eigenvalue weighted by Crippen LogP contribution is 2.24. The lowest BCUT2D eigenvalue weighted by molar-refractivity contribution is -0.121. The number of thioether (sulfide) groups is 1. The van der Waals surface area contributed by atoms with Crippen LogP contribution in [-0.2, 0) is 11.2 Å². The molecule has 0 radical (unpaired) electrons. The van der Waals surface area contributed by atoms with Gasteiger partial charge >= 0.3 is 0 Å². The average molecular weight is 340 g/mol. The van der Waals surface area contributed by atoms with Crippen LogP contribution in [0.3, 0.4) is 0 Å². The molecule has 4 nitrogen and oxygen atoms in total. The summed E-state index contributed by atoms with van der Waals surface area (Å²) in [6, 6.07) is 7.91. The van der Waals surface area contributed by atoms with Crippen LogP contribution in [0.25, 0.3) is 0 Å². The van der Waals surface area contributed by atoms with Crippen molar-refractivity contribution in [1.29, 1.82) is 0 Å². The first-order chi connectivity index (χ1) is 10.7. The van der Waals surface area contributed by atoms with E-state index < -0.39 is 0 Å². The van der Waals surface area contributed by atoms with Crippen LogP contribution >= 0.6 is 23.4 Å². The molecule has 1 atom stereocenters. The zero-order chi connectivity index (χ0) is 15.8. The molecule has 6 heteroatoms. The Kier molecular flexibility index (Phi) is 7.06. The Hall–Kier alpha value is -1.20. The third-order valence-corrected chi connectivity index (χ3v) is 4.72. The fourth-order valence-electron chi connectivity index (χ4n) is 2.24. The lowest BCUT2D eigenvalue weighted by atomic mass is 10.1. The van der Waals surface area contributed by atoms with Gasteiger partial charge in [-0.1, -0.05) is 55.3 Å². The van der Waals surface area contributed by atoms with Crippen LogP contribution in [0, 0.1) is 0 Å². The number of hydrazine groups is 1. The monoisotopic (exact) mass is 339 g/mol. The number of benzene rings is 1. The van der Waals surface area contributed by atoms with Crippen molar-refractivity contribution in [3.05, 3.63) is 34.9 Å². The number of hydrogen-bond donors (Lipinski definition) is 2. The maximum atomic E-state index is 11.6. The minimum atomic E-state index is 0.0232. The maximum Gasteiger partial charge on any atom is 0.238 e. The second-order valence-corrected chi connectivity index (χ2v) is 7.08. The Morgan fingerprint density at radius 2 is 2.32 bits per heavy atom. The number of nitrogens with one attached hydrogen (secondary N) is 2. The molecule has 0 aromatic heterocycles. The van der Waals surface area contributed by atoms with E-state index in [4.69, 9.17) is 11.6 Å². The van der Waals surface area contributed by atoms with Gasteiger partial charge in [-0.15, -0.1) is 0 Å². The minimum absolute atomic E-state index is 0.0232. The number of nitrogens with zero attached hydrogens (tertiary/aromatic N) is 1. The van der Waals surface area contributed by atoms with Gasteiger partial charge in [0.05, 0.1) is 6.54 Å². The highest BCUT2D eigenvalue weighted by molar-refractivity contribution is 8.14. The molecule has 0 aliphatic carbocycles. The van der Waals surface area contributed by atoms with Crippen molar-refractivity contribution in [2.24, 2.45) is 4.99 Å². The Morgan fingerprint density at radius 1 is 1.45 bits per heavy atom. The van der Waals surface area contributed by atoms with E-state index in [1.54, 1.807) is 11.8 Å². The largest absolute Gasteiger partial charge is 0.277 e.